The minimum Gasteiger partial charge on any atom is -0.473 e. The molecule has 0 aliphatic rings. The van der Waals surface area contributed by atoms with Crippen LogP contribution in [0.2, 0.25) is 0 Å². The molecular weight excluding hydrogens is 297 g/mol. The zero-order chi connectivity index (χ0) is 16.0. The third-order valence-corrected chi connectivity index (χ3v) is 2.27. The number of ether oxygens (including phenoxy) is 2. The van der Waals surface area contributed by atoms with Crippen molar-refractivity contribution in [3.05, 3.63) is 27.9 Å². The Morgan fingerprint density at radius 2 is 2.10 bits per heavy atom. The number of carbonyl (C=O) groups excluding carboxylic acids is 1. The number of nitrogens with zero attached hydrogens (tertiary/aromatic N) is 2. The SMILES string of the molecule is COC(=O)c1ccc([N+](=O)[O-])c(OCCCC(F)(F)F)n1. The Hall–Kier alpha value is -2.39. The summed E-state index contributed by atoms with van der Waals surface area (Å²) in [6.45, 7) is -0.419. The monoisotopic (exact) mass is 308 g/mol. The van der Waals surface area contributed by atoms with Crippen LogP contribution in [-0.4, -0.2) is 35.8 Å². The van der Waals surface area contributed by atoms with Crippen molar-refractivity contribution in [2.75, 3.05) is 13.7 Å². The molecule has 10 heteroatoms. The van der Waals surface area contributed by atoms with Crippen LogP contribution >= 0.6 is 0 Å². The number of nitro groups is 1. The highest BCUT2D eigenvalue weighted by Crippen LogP contribution is 2.26. The zero-order valence-electron chi connectivity index (χ0n) is 10.8. The van der Waals surface area contributed by atoms with Gasteiger partial charge in [-0.15, -0.1) is 0 Å². The molecule has 0 amide bonds. The van der Waals surface area contributed by atoms with Crippen LogP contribution in [0.3, 0.4) is 0 Å². The molecule has 0 N–H and O–H groups in total. The van der Waals surface area contributed by atoms with Crippen molar-refractivity contribution in [2.45, 2.75) is 19.0 Å². The van der Waals surface area contributed by atoms with E-state index >= 15 is 0 Å². The normalized spacial score (nSPS) is 11.0. The summed E-state index contributed by atoms with van der Waals surface area (Å²) in [5.74, 6) is -1.37. The summed E-state index contributed by atoms with van der Waals surface area (Å²) in [4.78, 5) is 24.8. The molecule has 1 heterocycles. The van der Waals surface area contributed by atoms with Crippen LogP contribution in [0.25, 0.3) is 0 Å². The number of aromatic nitrogens is 1. The van der Waals surface area contributed by atoms with Crippen LogP contribution in [-0.2, 0) is 4.74 Å². The van der Waals surface area contributed by atoms with Crippen LogP contribution in [0, 0.1) is 10.1 Å². The molecule has 1 rings (SSSR count). The van der Waals surface area contributed by atoms with E-state index in [1.165, 1.54) is 0 Å². The second kappa shape index (κ2) is 6.86. The Morgan fingerprint density at radius 3 is 2.62 bits per heavy atom. The van der Waals surface area contributed by atoms with Gasteiger partial charge in [-0.1, -0.05) is 0 Å². The van der Waals surface area contributed by atoms with Gasteiger partial charge in [0.25, 0.3) is 5.88 Å². The van der Waals surface area contributed by atoms with E-state index in [0.29, 0.717) is 0 Å². The fraction of sp³-hybridized carbons (Fsp3) is 0.455. The molecule has 0 unspecified atom stereocenters. The Bertz CT molecular complexity index is 533. The number of methoxy groups -OCH3 is 1. The van der Waals surface area contributed by atoms with Gasteiger partial charge in [0.2, 0.25) is 0 Å². The maximum Gasteiger partial charge on any atom is 0.389 e. The molecular formula is C11H11F3N2O5. The van der Waals surface area contributed by atoms with Crippen LogP contribution in [0.1, 0.15) is 23.3 Å². The van der Waals surface area contributed by atoms with Crippen molar-refractivity contribution in [3.8, 4) is 5.88 Å². The largest absolute Gasteiger partial charge is 0.473 e. The first-order valence-corrected chi connectivity index (χ1v) is 5.68. The minimum atomic E-state index is -4.34. The first-order chi connectivity index (χ1) is 9.74. The summed E-state index contributed by atoms with van der Waals surface area (Å²) in [6.07, 6.45) is -5.81. The van der Waals surface area contributed by atoms with Crippen LogP contribution in [0.15, 0.2) is 12.1 Å². The standard InChI is InChI=1S/C11H11F3N2O5/c1-20-10(17)7-3-4-8(16(18)19)9(15-7)21-6-2-5-11(12,13)14/h3-4H,2,5-6H2,1H3. The van der Waals surface area contributed by atoms with E-state index in [-0.39, 0.29) is 12.1 Å². The van der Waals surface area contributed by atoms with E-state index in [0.717, 1.165) is 19.2 Å². The number of rotatable bonds is 6. The van der Waals surface area contributed by atoms with E-state index in [2.05, 4.69) is 9.72 Å². The second-order valence-corrected chi connectivity index (χ2v) is 3.84. The summed E-state index contributed by atoms with van der Waals surface area (Å²) in [5.41, 5.74) is -0.788. The number of hydrogen-bond donors (Lipinski definition) is 0. The molecule has 0 spiro atoms. The van der Waals surface area contributed by atoms with Gasteiger partial charge in [-0.05, 0) is 12.5 Å². The summed E-state index contributed by atoms with van der Waals surface area (Å²) >= 11 is 0. The smallest absolute Gasteiger partial charge is 0.389 e. The van der Waals surface area contributed by atoms with E-state index in [1.54, 1.807) is 0 Å². The third-order valence-electron chi connectivity index (χ3n) is 2.27. The molecule has 0 aliphatic carbocycles. The number of esters is 1. The molecule has 1 aromatic rings. The molecule has 0 aliphatic heterocycles. The first kappa shape index (κ1) is 16.7. The van der Waals surface area contributed by atoms with Gasteiger partial charge in [0.1, 0.15) is 0 Å². The summed E-state index contributed by atoms with van der Waals surface area (Å²) < 4.78 is 45.1. The molecule has 7 nitrogen and oxygen atoms in total. The van der Waals surface area contributed by atoms with Crippen molar-refractivity contribution in [1.29, 1.82) is 0 Å². The summed E-state index contributed by atoms with van der Waals surface area (Å²) in [7, 11) is 1.09. The lowest BCUT2D eigenvalue weighted by atomic mass is 10.3. The number of hydrogen-bond acceptors (Lipinski definition) is 6. The summed E-state index contributed by atoms with van der Waals surface area (Å²) in [6, 6.07) is 2.03. The van der Waals surface area contributed by atoms with Gasteiger partial charge in [-0.2, -0.15) is 13.2 Å². The van der Waals surface area contributed by atoms with Gasteiger partial charge in [0.15, 0.2) is 5.69 Å². The fourth-order valence-electron chi connectivity index (χ4n) is 1.34. The minimum absolute atomic E-state index is 0.242. The highest BCUT2D eigenvalue weighted by Gasteiger charge is 2.27. The average Bonchev–Trinajstić information content (AvgIpc) is 2.41. The Morgan fingerprint density at radius 1 is 1.43 bits per heavy atom. The summed E-state index contributed by atoms with van der Waals surface area (Å²) in [5, 5.41) is 10.8. The lowest BCUT2D eigenvalue weighted by Gasteiger charge is -2.08. The maximum atomic E-state index is 12.0. The van der Waals surface area contributed by atoms with Crippen molar-refractivity contribution >= 4 is 11.7 Å². The highest BCUT2D eigenvalue weighted by molar-refractivity contribution is 5.87. The predicted molar refractivity (Wildman–Crippen MR) is 63.0 cm³/mol. The average molecular weight is 308 g/mol. The maximum absolute atomic E-state index is 12.0. The molecule has 21 heavy (non-hydrogen) atoms. The first-order valence-electron chi connectivity index (χ1n) is 5.68. The van der Waals surface area contributed by atoms with Crippen molar-refractivity contribution < 1.29 is 32.4 Å². The molecule has 1 aromatic heterocycles. The topological polar surface area (TPSA) is 91.6 Å². The third kappa shape index (κ3) is 5.24. The van der Waals surface area contributed by atoms with Gasteiger partial charge >= 0.3 is 17.8 Å². The lowest BCUT2D eigenvalue weighted by Crippen LogP contribution is -2.12. The van der Waals surface area contributed by atoms with Crippen molar-refractivity contribution in [3.63, 3.8) is 0 Å². The number of halogens is 3. The van der Waals surface area contributed by atoms with Crippen LogP contribution < -0.4 is 4.74 Å². The van der Waals surface area contributed by atoms with Gasteiger partial charge in [0, 0.05) is 12.5 Å². The van der Waals surface area contributed by atoms with Crippen LogP contribution in [0.4, 0.5) is 18.9 Å². The van der Waals surface area contributed by atoms with Crippen LogP contribution in [0.5, 0.6) is 5.88 Å². The molecule has 0 saturated heterocycles. The number of pyridine rings is 1. The lowest BCUT2D eigenvalue weighted by molar-refractivity contribution is -0.386. The van der Waals surface area contributed by atoms with E-state index in [1.807, 2.05) is 0 Å². The second-order valence-electron chi connectivity index (χ2n) is 3.84. The Balaban J connectivity index is 2.82. The molecule has 0 fully saturated rings. The van der Waals surface area contributed by atoms with E-state index in [4.69, 9.17) is 4.74 Å². The highest BCUT2D eigenvalue weighted by atomic mass is 19.4. The van der Waals surface area contributed by atoms with Crippen molar-refractivity contribution in [2.24, 2.45) is 0 Å². The van der Waals surface area contributed by atoms with E-state index < -0.39 is 41.7 Å². The molecule has 0 atom stereocenters. The fourth-order valence-corrected chi connectivity index (χ4v) is 1.34. The zero-order valence-corrected chi connectivity index (χ0v) is 10.8. The molecule has 0 bridgehead atoms. The molecule has 0 aromatic carbocycles. The number of alkyl halides is 3. The van der Waals surface area contributed by atoms with E-state index in [9.17, 15) is 28.1 Å². The number of carbonyl (C=O) groups is 1. The van der Waals surface area contributed by atoms with Gasteiger partial charge in [-0.3, -0.25) is 10.1 Å². The Labute approximate surface area is 116 Å². The van der Waals surface area contributed by atoms with Gasteiger partial charge in [-0.25, -0.2) is 9.78 Å². The van der Waals surface area contributed by atoms with Gasteiger partial charge in [0.05, 0.1) is 18.6 Å². The quantitative estimate of drug-likeness (QED) is 0.347. The molecule has 0 radical (unpaired) electrons. The molecule has 116 valence electrons. The van der Waals surface area contributed by atoms with Gasteiger partial charge < -0.3 is 9.47 Å². The van der Waals surface area contributed by atoms with Crippen molar-refractivity contribution in [1.82, 2.24) is 4.98 Å². The Kier molecular flexibility index (Phi) is 5.44. The predicted octanol–water partition coefficient (Wildman–Crippen LogP) is 2.50. The molecule has 0 saturated carbocycles.